The number of Topliss-reactive ketones (excluding diaryl/α,β-unsaturated/α-hetero) is 1. The van der Waals surface area contributed by atoms with Gasteiger partial charge in [-0.3, -0.25) is 4.79 Å². The lowest BCUT2D eigenvalue weighted by molar-refractivity contribution is -0.137. The molecular formula is C18H27F3O4Si. The molecule has 0 saturated carbocycles. The van der Waals surface area contributed by atoms with Gasteiger partial charge in [0.05, 0.1) is 5.56 Å². The third-order valence-electron chi connectivity index (χ3n) is 3.85. The van der Waals surface area contributed by atoms with Crippen LogP contribution in [0, 0.1) is 0 Å². The van der Waals surface area contributed by atoms with E-state index in [9.17, 15) is 18.0 Å². The second kappa shape index (κ2) is 10.2. The van der Waals surface area contributed by atoms with E-state index in [2.05, 4.69) is 0 Å². The van der Waals surface area contributed by atoms with E-state index >= 15 is 0 Å². The lowest BCUT2D eigenvalue weighted by Gasteiger charge is -2.28. The molecule has 1 aromatic carbocycles. The van der Waals surface area contributed by atoms with E-state index in [4.69, 9.17) is 13.3 Å². The average molecular weight is 392 g/mol. The van der Waals surface area contributed by atoms with E-state index in [0.717, 1.165) is 12.1 Å². The third-order valence-corrected chi connectivity index (χ3v) is 6.90. The molecule has 8 heteroatoms. The molecule has 1 aromatic rings. The zero-order valence-corrected chi connectivity index (χ0v) is 16.7. The predicted octanol–water partition coefficient (Wildman–Crippen LogP) is 4.89. The molecule has 26 heavy (non-hydrogen) atoms. The van der Waals surface area contributed by atoms with Crippen LogP contribution in [0.4, 0.5) is 13.2 Å². The SMILES string of the molecule is CCO[Si](CCc1cc(C(F)(F)F)ccc1C(=O)CC)(OCC)OCC. The van der Waals surface area contributed by atoms with Crippen LogP contribution in [0.1, 0.15) is 55.6 Å². The van der Waals surface area contributed by atoms with Crippen molar-refractivity contribution in [2.45, 2.75) is 52.8 Å². The molecule has 0 heterocycles. The molecular weight excluding hydrogens is 365 g/mol. The number of halogens is 3. The molecule has 0 bridgehead atoms. The number of carbonyl (C=O) groups is 1. The van der Waals surface area contributed by atoms with Crippen molar-refractivity contribution in [3.8, 4) is 0 Å². The molecule has 0 N–H and O–H groups in total. The van der Waals surface area contributed by atoms with Crippen molar-refractivity contribution in [2.24, 2.45) is 0 Å². The van der Waals surface area contributed by atoms with Gasteiger partial charge in [-0.05, 0) is 44.9 Å². The third kappa shape index (κ3) is 6.19. The molecule has 0 atom stereocenters. The van der Waals surface area contributed by atoms with Crippen LogP contribution in [0.2, 0.25) is 6.04 Å². The zero-order valence-electron chi connectivity index (χ0n) is 15.7. The van der Waals surface area contributed by atoms with Gasteiger partial charge in [-0.25, -0.2) is 0 Å². The molecule has 0 spiro atoms. The summed E-state index contributed by atoms with van der Waals surface area (Å²) in [7, 11) is -3.00. The Balaban J connectivity index is 3.19. The summed E-state index contributed by atoms with van der Waals surface area (Å²) in [6.45, 7) is 8.28. The molecule has 0 aliphatic heterocycles. The van der Waals surface area contributed by atoms with Crippen molar-refractivity contribution in [1.29, 1.82) is 0 Å². The minimum Gasteiger partial charge on any atom is -0.374 e. The molecule has 0 aliphatic rings. The first-order valence-corrected chi connectivity index (χ1v) is 10.8. The highest BCUT2D eigenvalue weighted by Crippen LogP contribution is 2.32. The van der Waals surface area contributed by atoms with E-state index in [1.165, 1.54) is 6.07 Å². The summed E-state index contributed by atoms with van der Waals surface area (Å²) in [6, 6.07) is 3.57. The minimum atomic E-state index is -4.46. The first-order valence-electron chi connectivity index (χ1n) is 8.88. The Kier molecular flexibility index (Phi) is 8.95. The van der Waals surface area contributed by atoms with Gasteiger partial charge in [0.15, 0.2) is 5.78 Å². The highest BCUT2D eigenvalue weighted by Gasteiger charge is 2.40. The molecule has 148 valence electrons. The molecule has 0 saturated heterocycles. The van der Waals surface area contributed by atoms with Crippen LogP contribution in [0.25, 0.3) is 0 Å². The minimum absolute atomic E-state index is 0.190. The number of aryl methyl sites for hydroxylation is 1. The Bertz CT molecular complexity index is 573. The number of carbonyl (C=O) groups excluding carboxylic acids is 1. The summed E-state index contributed by atoms with van der Waals surface area (Å²) in [6.07, 6.45) is -4.02. The first kappa shape index (κ1) is 22.8. The molecule has 0 unspecified atom stereocenters. The summed E-state index contributed by atoms with van der Waals surface area (Å²) in [5.74, 6) is -0.190. The first-order chi connectivity index (χ1) is 12.2. The van der Waals surface area contributed by atoms with Crippen molar-refractivity contribution in [1.82, 2.24) is 0 Å². The van der Waals surface area contributed by atoms with E-state index in [1.807, 2.05) is 20.8 Å². The van der Waals surface area contributed by atoms with Crippen molar-refractivity contribution in [2.75, 3.05) is 19.8 Å². The maximum absolute atomic E-state index is 13.1. The molecule has 1 rings (SSSR count). The van der Waals surface area contributed by atoms with Crippen molar-refractivity contribution < 1.29 is 31.2 Å². The lowest BCUT2D eigenvalue weighted by Crippen LogP contribution is -2.46. The summed E-state index contributed by atoms with van der Waals surface area (Å²) in [4.78, 5) is 12.1. The van der Waals surface area contributed by atoms with Crippen LogP contribution in [-0.2, 0) is 25.9 Å². The summed E-state index contributed by atoms with van der Waals surface area (Å²) in [5.41, 5.74) is -0.104. The molecule has 4 nitrogen and oxygen atoms in total. The Labute approximate surface area is 154 Å². The van der Waals surface area contributed by atoms with Crippen LogP contribution in [-0.4, -0.2) is 34.4 Å². The fourth-order valence-corrected chi connectivity index (χ4v) is 5.31. The zero-order chi connectivity index (χ0) is 19.8. The van der Waals surface area contributed by atoms with E-state index in [0.29, 0.717) is 37.0 Å². The highest BCUT2D eigenvalue weighted by atomic mass is 28.4. The van der Waals surface area contributed by atoms with Crippen LogP contribution in [0.15, 0.2) is 18.2 Å². The Morgan fingerprint density at radius 2 is 1.54 bits per heavy atom. The van der Waals surface area contributed by atoms with Crippen LogP contribution in [0.3, 0.4) is 0 Å². The van der Waals surface area contributed by atoms with Crippen molar-refractivity contribution in [3.63, 3.8) is 0 Å². The topological polar surface area (TPSA) is 44.8 Å². The fourth-order valence-electron chi connectivity index (χ4n) is 2.73. The molecule has 0 radical (unpaired) electrons. The molecule has 0 aromatic heterocycles. The van der Waals surface area contributed by atoms with E-state index in [-0.39, 0.29) is 18.6 Å². The summed E-state index contributed by atoms with van der Waals surface area (Å²) >= 11 is 0. The van der Waals surface area contributed by atoms with Gasteiger partial charge in [0, 0.05) is 37.8 Å². The van der Waals surface area contributed by atoms with Gasteiger partial charge >= 0.3 is 15.0 Å². The predicted molar refractivity (Wildman–Crippen MR) is 95.2 cm³/mol. The standard InChI is InChI=1S/C18H27F3O4Si/c1-5-17(22)16-10-9-15(18(19,20)21)13-14(16)11-12-26(23-6-2,24-7-3)25-8-4/h9-10,13H,5-8,11-12H2,1-4H3. The maximum atomic E-state index is 13.1. The monoisotopic (exact) mass is 392 g/mol. The maximum Gasteiger partial charge on any atom is 0.501 e. The molecule has 0 aliphatic carbocycles. The summed E-state index contributed by atoms with van der Waals surface area (Å²) < 4.78 is 56.4. The second-order valence-electron chi connectivity index (χ2n) is 5.63. The van der Waals surface area contributed by atoms with Gasteiger partial charge < -0.3 is 13.3 Å². The van der Waals surface area contributed by atoms with Gasteiger partial charge in [-0.1, -0.05) is 13.0 Å². The number of alkyl halides is 3. The van der Waals surface area contributed by atoms with Crippen molar-refractivity contribution in [3.05, 3.63) is 34.9 Å². The Hall–Kier alpha value is -1.22. The van der Waals surface area contributed by atoms with Gasteiger partial charge in [0.1, 0.15) is 0 Å². The Morgan fingerprint density at radius 1 is 1.00 bits per heavy atom. The lowest BCUT2D eigenvalue weighted by atomic mass is 9.97. The van der Waals surface area contributed by atoms with Crippen molar-refractivity contribution >= 4 is 14.6 Å². The number of hydrogen-bond donors (Lipinski definition) is 0. The van der Waals surface area contributed by atoms with Gasteiger partial charge in [-0.2, -0.15) is 13.2 Å². The largest absolute Gasteiger partial charge is 0.501 e. The van der Waals surface area contributed by atoms with Crippen LogP contribution < -0.4 is 0 Å². The van der Waals surface area contributed by atoms with Gasteiger partial charge in [0.25, 0.3) is 0 Å². The van der Waals surface area contributed by atoms with Gasteiger partial charge in [0.2, 0.25) is 0 Å². The van der Waals surface area contributed by atoms with Crippen LogP contribution in [0.5, 0.6) is 0 Å². The molecule has 0 fully saturated rings. The molecule has 0 amide bonds. The number of hydrogen-bond acceptors (Lipinski definition) is 4. The summed E-state index contributed by atoms with van der Waals surface area (Å²) in [5, 5.41) is 0. The van der Waals surface area contributed by atoms with E-state index < -0.39 is 20.5 Å². The Morgan fingerprint density at radius 3 is 1.96 bits per heavy atom. The normalized spacial score (nSPS) is 12.4. The van der Waals surface area contributed by atoms with E-state index in [1.54, 1.807) is 6.92 Å². The van der Waals surface area contributed by atoms with Gasteiger partial charge in [-0.15, -0.1) is 0 Å². The quantitative estimate of drug-likeness (QED) is 0.397. The van der Waals surface area contributed by atoms with Crippen LogP contribution >= 0.6 is 0 Å². The average Bonchev–Trinajstić information content (AvgIpc) is 2.59. The highest BCUT2D eigenvalue weighted by molar-refractivity contribution is 6.60. The number of benzene rings is 1. The smallest absolute Gasteiger partial charge is 0.374 e. The number of ketones is 1. The number of rotatable bonds is 11. The fraction of sp³-hybridized carbons (Fsp3) is 0.611. The second-order valence-corrected chi connectivity index (χ2v) is 8.36.